The monoisotopic (exact) mass is 392 g/mol. The van der Waals surface area contributed by atoms with Crippen LogP contribution in [-0.4, -0.2) is 17.5 Å². The van der Waals surface area contributed by atoms with Gasteiger partial charge in [0.05, 0.1) is 30.0 Å². The molecule has 0 unspecified atom stereocenters. The summed E-state index contributed by atoms with van der Waals surface area (Å²) in [6.45, 7) is 6.59. The number of halogens is 3. The average Bonchev–Trinajstić information content (AvgIpc) is 3.00. The maximum absolute atomic E-state index is 13.7. The Morgan fingerprint density at radius 2 is 1.96 bits per heavy atom. The van der Waals surface area contributed by atoms with Gasteiger partial charge < -0.3 is 10.1 Å². The number of benzene rings is 1. The molecule has 1 aliphatic heterocycles. The predicted octanol–water partition coefficient (Wildman–Crippen LogP) is 5.07. The molecule has 0 radical (unpaired) electrons. The van der Waals surface area contributed by atoms with Crippen LogP contribution in [0.3, 0.4) is 0 Å². The summed E-state index contributed by atoms with van der Waals surface area (Å²) >= 11 is 0. The lowest BCUT2D eigenvalue weighted by molar-refractivity contribution is -0.139. The molecule has 0 saturated heterocycles. The van der Waals surface area contributed by atoms with Crippen molar-refractivity contribution >= 4 is 5.91 Å². The molecule has 7 heteroatoms. The van der Waals surface area contributed by atoms with Gasteiger partial charge >= 0.3 is 6.18 Å². The number of hydrogen-bond donors (Lipinski definition) is 1. The molecule has 3 rings (SSSR count). The highest BCUT2D eigenvalue weighted by molar-refractivity contribution is 6.04. The summed E-state index contributed by atoms with van der Waals surface area (Å²) in [4.78, 5) is 16.2. The molecule has 0 spiro atoms. The standard InChI is InChI=1S/C21H23F3N2O2/c1-12(2)8-13(3)11-28-18-5-4-14(9-16(18)21(22,23)24)15-6-7-25-17-10-26-20(27)19(15)17/h4-7,9,12-13H,8,10-11H2,1-3H3,(H,26,27)/t13-/m1/s1. The maximum atomic E-state index is 13.7. The van der Waals surface area contributed by atoms with E-state index >= 15 is 0 Å². The van der Waals surface area contributed by atoms with Gasteiger partial charge in [0.15, 0.2) is 0 Å². The lowest BCUT2D eigenvalue weighted by Gasteiger charge is -2.19. The van der Waals surface area contributed by atoms with Gasteiger partial charge in [-0.3, -0.25) is 9.78 Å². The van der Waals surface area contributed by atoms with Crippen LogP contribution in [0.1, 0.15) is 48.8 Å². The Morgan fingerprint density at radius 3 is 2.64 bits per heavy atom. The van der Waals surface area contributed by atoms with Gasteiger partial charge in [-0.25, -0.2) is 0 Å². The van der Waals surface area contributed by atoms with E-state index in [9.17, 15) is 18.0 Å². The summed E-state index contributed by atoms with van der Waals surface area (Å²) in [5.41, 5.74) is 0.773. The first-order valence-corrected chi connectivity index (χ1v) is 9.27. The van der Waals surface area contributed by atoms with Gasteiger partial charge in [0.1, 0.15) is 5.75 Å². The lowest BCUT2D eigenvalue weighted by atomic mass is 9.97. The number of nitrogens with one attached hydrogen (secondary N) is 1. The van der Waals surface area contributed by atoms with E-state index in [0.717, 1.165) is 12.5 Å². The zero-order valence-corrected chi connectivity index (χ0v) is 16.1. The minimum Gasteiger partial charge on any atom is -0.493 e. The van der Waals surface area contributed by atoms with Gasteiger partial charge in [-0.15, -0.1) is 0 Å². The largest absolute Gasteiger partial charge is 0.493 e. The van der Waals surface area contributed by atoms with Crippen molar-refractivity contribution in [2.24, 2.45) is 11.8 Å². The fourth-order valence-corrected chi connectivity index (χ4v) is 3.54. The van der Waals surface area contributed by atoms with E-state index in [1.807, 2.05) is 6.92 Å². The van der Waals surface area contributed by atoms with E-state index in [0.29, 0.717) is 28.3 Å². The summed E-state index contributed by atoms with van der Waals surface area (Å²) in [7, 11) is 0. The van der Waals surface area contributed by atoms with Gasteiger partial charge in [0.25, 0.3) is 5.91 Å². The number of aromatic nitrogens is 1. The molecule has 1 N–H and O–H groups in total. The number of alkyl halides is 3. The van der Waals surface area contributed by atoms with Crippen LogP contribution in [-0.2, 0) is 12.7 Å². The fraction of sp³-hybridized carbons (Fsp3) is 0.429. The number of hydrogen-bond acceptors (Lipinski definition) is 3. The second-order valence-corrected chi connectivity index (χ2v) is 7.62. The van der Waals surface area contributed by atoms with Gasteiger partial charge in [-0.1, -0.05) is 26.8 Å². The predicted molar refractivity (Wildman–Crippen MR) is 100.0 cm³/mol. The van der Waals surface area contributed by atoms with Crippen molar-refractivity contribution in [3.63, 3.8) is 0 Å². The molecule has 0 fully saturated rings. The smallest absolute Gasteiger partial charge is 0.419 e. The highest BCUT2D eigenvalue weighted by atomic mass is 19.4. The van der Waals surface area contributed by atoms with Crippen molar-refractivity contribution < 1.29 is 22.7 Å². The van der Waals surface area contributed by atoms with E-state index < -0.39 is 11.7 Å². The molecular weight excluding hydrogens is 369 g/mol. The van der Waals surface area contributed by atoms with E-state index in [2.05, 4.69) is 24.1 Å². The summed E-state index contributed by atoms with van der Waals surface area (Å²) < 4.78 is 46.5. The number of carbonyl (C=O) groups excluding carboxylic acids is 1. The third kappa shape index (κ3) is 4.29. The highest BCUT2D eigenvalue weighted by Crippen LogP contribution is 2.40. The SMILES string of the molecule is CC(C)C[C@@H](C)COc1ccc(-c2ccnc3c2C(=O)NC3)cc1C(F)(F)F. The summed E-state index contributed by atoms with van der Waals surface area (Å²) in [5, 5.41) is 2.65. The first-order chi connectivity index (χ1) is 13.2. The number of fused-ring (bicyclic) bond motifs is 1. The molecule has 1 aromatic heterocycles. The van der Waals surface area contributed by atoms with Crippen LogP contribution < -0.4 is 10.1 Å². The number of pyridine rings is 1. The second-order valence-electron chi connectivity index (χ2n) is 7.62. The van der Waals surface area contributed by atoms with E-state index in [1.165, 1.54) is 12.3 Å². The molecule has 0 saturated carbocycles. The number of ether oxygens (including phenoxy) is 1. The number of carbonyl (C=O) groups is 1. The molecular formula is C21H23F3N2O2. The van der Waals surface area contributed by atoms with E-state index in [-0.39, 0.29) is 30.7 Å². The number of nitrogens with zero attached hydrogens (tertiary/aromatic N) is 1. The van der Waals surface area contributed by atoms with E-state index in [4.69, 9.17) is 4.74 Å². The Bertz CT molecular complexity index is 878. The van der Waals surface area contributed by atoms with Crippen molar-refractivity contribution in [3.05, 3.63) is 47.3 Å². The Kier molecular flexibility index (Phi) is 5.63. The Labute approximate surface area is 162 Å². The highest BCUT2D eigenvalue weighted by Gasteiger charge is 2.35. The molecule has 0 aliphatic carbocycles. The third-order valence-electron chi connectivity index (χ3n) is 4.67. The van der Waals surface area contributed by atoms with Crippen molar-refractivity contribution in [1.82, 2.24) is 10.3 Å². The van der Waals surface area contributed by atoms with Crippen LogP contribution in [0.5, 0.6) is 5.75 Å². The molecule has 2 aromatic rings. The van der Waals surface area contributed by atoms with Gasteiger partial charge in [0.2, 0.25) is 0 Å². The summed E-state index contributed by atoms with van der Waals surface area (Å²) in [6, 6.07) is 5.49. The van der Waals surface area contributed by atoms with Crippen molar-refractivity contribution in [2.75, 3.05) is 6.61 Å². The van der Waals surface area contributed by atoms with Crippen molar-refractivity contribution in [3.8, 4) is 16.9 Å². The number of rotatable bonds is 6. The zero-order chi connectivity index (χ0) is 20.5. The zero-order valence-electron chi connectivity index (χ0n) is 16.1. The molecule has 2 heterocycles. The Balaban J connectivity index is 1.95. The van der Waals surface area contributed by atoms with E-state index in [1.54, 1.807) is 12.1 Å². The molecule has 150 valence electrons. The first-order valence-electron chi connectivity index (χ1n) is 9.27. The molecule has 28 heavy (non-hydrogen) atoms. The lowest BCUT2D eigenvalue weighted by Crippen LogP contribution is -2.15. The molecule has 1 atom stereocenters. The molecule has 1 amide bonds. The first kappa shape index (κ1) is 20.2. The summed E-state index contributed by atoms with van der Waals surface area (Å²) in [6.07, 6.45) is -2.19. The minimum atomic E-state index is -4.56. The minimum absolute atomic E-state index is 0.146. The normalized spacial score (nSPS) is 14.8. The van der Waals surface area contributed by atoms with Crippen molar-refractivity contribution in [1.29, 1.82) is 0 Å². The van der Waals surface area contributed by atoms with Gasteiger partial charge in [-0.05, 0) is 47.6 Å². The molecule has 0 bridgehead atoms. The van der Waals surface area contributed by atoms with Gasteiger partial charge in [0, 0.05) is 6.20 Å². The van der Waals surface area contributed by atoms with Crippen LogP contribution in [0, 0.1) is 11.8 Å². The van der Waals surface area contributed by atoms with Crippen LogP contribution in [0.25, 0.3) is 11.1 Å². The van der Waals surface area contributed by atoms with Gasteiger partial charge in [-0.2, -0.15) is 13.2 Å². The van der Waals surface area contributed by atoms with Crippen molar-refractivity contribution in [2.45, 2.75) is 39.9 Å². The third-order valence-corrected chi connectivity index (χ3v) is 4.67. The maximum Gasteiger partial charge on any atom is 0.419 e. The van der Waals surface area contributed by atoms with Crippen LogP contribution in [0.15, 0.2) is 30.5 Å². The quantitative estimate of drug-likeness (QED) is 0.747. The Hall–Kier alpha value is -2.57. The van der Waals surface area contributed by atoms with Crippen LogP contribution in [0.2, 0.25) is 0 Å². The van der Waals surface area contributed by atoms with Crippen LogP contribution >= 0.6 is 0 Å². The average molecular weight is 392 g/mol. The Morgan fingerprint density at radius 1 is 1.21 bits per heavy atom. The topological polar surface area (TPSA) is 51.2 Å². The molecule has 1 aliphatic rings. The second kappa shape index (κ2) is 7.81. The summed E-state index contributed by atoms with van der Waals surface area (Å²) in [5.74, 6) is 0.0763. The molecule has 4 nitrogen and oxygen atoms in total. The van der Waals surface area contributed by atoms with Crippen LogP contribution in [0.4, 0.5) is 13.2 Å². The molecule has 1 aromatic carbocycles. The fourth-order valence-electron chi connectivity index (χ4n) is 3.54. The number of amides is 1.